The zero-order chi connectivity index (χ0) is 19.6. The number of hydrogen-bond acceptors (Lipinski definition) is 5. The molecule has 4 aromatic rings. The zero-order valence-corrected chi connectivity index (χ0v) is 18.1. The van der Waals surface area contributed by atoms with Crippen molar-refractivity contribution >= 4 is 50.9 Å². The molecule has 0 spiro atoms. The maximum Gasteiger partial charge on any atom is 0.229 e. The number of anilines is 3. The van der Waals surface area contributed by atoms with Gasteiger partial charge in [-0.3, -0.25) is 0 Å². The molecule has 1 aliphatic heterocycles. The van der Waals surface area contributed by atoms with Gasteiger partial charge in [0.25, 0.3) is 0 Å². The normalized spacial score (nSPS) is 14.3. The molecule has 2 aromatic heterocycles. The molecule has 0 bridgehead atoms. The number of piperidine rings is 1. The molecule has 29 heavy (non-hydrogen) atoms. The molecule has 6 nitrogen and oxygen atoms in total. The summed E-state index contributed by atoms with van der Waals surface area (Å²) >= 11 is 2.30. The van der Waals surface area contributed by atoms with Crippen molar-refractivity contribution in [3.63, 3.8) is 0 Å². The Morgan fingerprint density at radius 3 is 2.31 bits per heavy atom. The first-order valence-electron chi connectivity index (χ1n) is 9.85. The lowest BCUT2D eigenvalue weighted by molar-refractivity contribution is 0.578. The minimum atomic E-state index is 0.565. The van der Waals surface area contributed by atoms with Crippen molar-refractivity contribution < 1.29 is 0 Å². The van der Waals surface area contributed by atoms with Crippen LogP contribution in [-0.4, -0.2) is 32.8 Å². The van der Waals surface area contributed by atoms with E-state index in [1.54, 1.807) is 6.20 Å². The number of benzene rings is 2. The predicted molar refractivity (Wildman–Crippen MR) is 125 cm³/mol. The minimum absolute atomic E-state index is 0.565. The highest BCUT2D eigenvalue weighted by Crippen LogP contribution is 2.24. The van der Waals surface area contributed by atoms with Gasteiger partial charge in [0, 0.05) is 34.2 Å². The van der Waals surface area contributed by atoms with E-state index in [-0.39, 0.29) is 0 Å². The lowest BCUT2D eigenvalue weighted by Gasteiger charge is -2.28. The van der Waals surface area contributed by atoms with Crippen LogP contribution in [-0.2, 0) is 0 Å². The van der Waals surface area contributed by atoms with Crippen LogP contribution in [0, 0.1) is 3.57 Å². The van der Waals surface area contributed by atoms with Crippen LogP contribution in [0.1, 0.15) is 19.3 Å². The first-order chi connectivity index (χ1) is 14.3. The highest BCUT2D eigenvalue weighted by Gasteiger charge is 2.11. The van der Waals surface area contributed by atoms with Gasteiger partial charge in [-0.2, -0.15) is 10.1 Å². The van der Waals surface area contributed by atoms with Gasteiger partial charge in [0.1, 0.15) is 0 Å². The maximum absolute atomic E-state index is 4.71. The fraction of sp³-hybridized carbons (Fsp3) is 0.227. The molecule has 1 N–H and O–H groups in total. The average Bonchev–Trinajstić information content (AvgIpc) is 3.19. The van der Waals surface area contributed by atoms with E-state index in [4.69, 9.17) is 4.98 Å². The fourth-order valence-electron chi connectivity index (χ4n) is 3.69. The second-order valence-corrected chi connectivity index (χ2v) is 8.47. The molecule has 0 aliphatic carbocycles. The number of nitrogens with zero attached hydrogens (tertiary/aromatic N) is 5. The third-order valence-electron chi connectivity index (χ3n) is 5.22. The summed E-state index contributed by atoms with van der Waals surface area (Å²) in [6, 6.07) is 16.7. The Bertz CT molecular complexity index is 1110. The summed E-state index contributed by atoms with van der Waals surface area (Å²) in [5.74, 6) is 0.565. The summed E-state index contributed by atoms with van der Waals surface area (Å²) in [4.78, 5) is 11.6. The van der Waals surface area contributed by atoms with Crippen LogP contribution < -0.4 is 10.2 Å². The standard InChI is InChI=1S/C22H21IN6/c23-17-4-8-20(9-5-17)29-21-16(15-25-29)14-24-22(27-21)26-18-6-10-19(11-7-18)28-12-2-1-3-13-28/h4-11,14-15H,1-3,12-13H2,(H,24,26,27). The van der Waals surface area contributed by atoms with Crippen LogP contribution in [0.2, 0.25) is 0 Å². The lowest BCUT2D eigenvalue weighted by Crippen LogP contribution is -2.29. The molecule has 0 radical (unpaired) electrons. The topological polar surface area (TPSA) is 58.9 Å². The van der Waals surface area contributed by atoms with E-state index in [1.807, 2.05) is 23.0 Å². The third kappa shape index (κ3) is 3.91. The van der Waals surface area contributed by atoms with Crippen LogP contribution in [0.25, 0.3) is 16.7 Å². The molecule has 7 heteroatoms. The van der Waals surface area contributed by atoms with Gasteiger partial charge < -0.3 is 10.2 Å². The molecule has 5 rings (SSSR count). The Hall–Kier alpha value is -2.68. The molecule has 1 aliphatic rings. The van der Waals surface area contributed by atoms with Gasteiger partial charge in [-0.15, -0.1) is 0 Å². The van der Waals surface area contributed by atoms with E-state index >= 15 is 0 Å². The van der Waals surface area contributed by atoms with E-state index in [0.717, 1.165) is 35.5 Å². The number of aromatic nitrogens is 4. The van der Waals surface area contributed by atoms with E-state index < -0.39 is 0 Å². The lowest BCUT2D eigenvalue weighted by atomic mass is 10.1. The SMILES string of the molecule is Ic1ccc(-n2ncc3cnc(Nc4ccc(N5CCCCC5)cc4)nc32)cc1. The summed E-state index contributed by atoms with van der Waals surface area (Å²) in [6.45, 7) is 2.30. The van der Waals surface area contributed by atoms with Crippen molar-refractivity contribution in [1.29, 1.82) is 0 Å². The van der Waals surface area contributed by atoms with E-state index in [1.165, 1.54) is 28.5 Å². The van der Waals surface area contributed by atoms with E-state index in [9.17, 15) is 0 Å². The predicted octanol–water partition coefficient (Wildman–Crippen LogP) is 5.15. The second-order valence-electron chi connectivity index (χ2n) is 7.22. The Morgan fingerprint density at radius 1 is 0.828 bits per heavy atom. The monoisotopic (exact) mass is 496 g/mol. The van der Waals surface area contributed by atoms with Crippen molar-refractivity contribution in [2.45, 2.75) is 19.3 Å². The van der Waals surface area contributed by atoms with Gasteiger partial charge in [-0.05, 0) is 90.4 Å². The number of fused-ring (bicyclic) bond motifs is 1. The quantitative estimate of drug-likeness (QED) is 0.396. The molecule has 146 valence electrons. The largest absolute Gasteiger partial charge is 0.372 e. The molecule has 2 aromatic carbocycles. The first-order valence-corrected chi connectivity index (χ1v) is 10.9. The van der Waals surface area contributed by atoms with Gasteiger partial charge in [0.2, 0.25) is 5.95 Å². The van der Waals surface area contributed by atoms with Crippen molar-refractivity contribution in [1.82, 2.24) is 19.7 Å². The summed E-state index contributed by atoms with van der Waals surface area (Å²) in [6.07, 6.45) is 7.51. The van der Waals surface area contributed by atoms with Crippen molar-refractivity contribution in [3.05, 3.63) is 64.5 Å². The summed E-state index contributed by atoms with van der Waals surface area (Å²) in [5.41, 5.74) is 4.03. The van der Waals surface area contributed by atoms with Crippen molar-refractivity contribution in [2.75, 3.05) is 23.3 Å². The van der Waals surface area contributed by atoms with Gasteiger partial charge >= 0.3 is 0 Å². The Balaban J connectivity index is 1.39. The third-order valence-corrected chi connectivity index (χ3v) is 5.94. The Morgan fingerprint density at radius 2 is 1.55 bits per heavy atom. The zero-order valence-electron chi connectivity index (χ0n) is 15.9. The Labute approximate surface area is 183 Å². The highest BCUT2D eigenvalue weighted by atomic mass is 127. The van der Waals surface area contributed by atoms with Crippen molar-refractivity contribution in [3.8, 4) is 5.69 Å². The van der Waals surface area contributed by atoms with Gasteiger partial charge in [-0.1, -0.05) is 0 Å². The van der Waals surface area contributed by atoms with Crippen LogP contribution in [0.15, 0.2) is 60.9 Å². The van der Waals surface area contributed by atoms with Crippen molar-refractivity contribution in [2.24, 2.45) is 0 Å². The van der Waals surface area contributed by atoms with E-state index in [2.05, 4.69) is 79.3 Å². The fourth-order valence-corrected chi connectivity index (χ4v) is 4.05. The smallest absolute Gasteiger partial charge is 0.229 e. The summed E-state index contributed by atoms with van der Waals surface area (Å²) in [7, 11) is 0. The molecule has 0 amide bonds. The number of halogens is 1. The molecule has 0 saturated carbocycles. The molecule has 0 unspecified atom stereocenters. The Kier molecular flexibility index (Phi) is 5.05. The van der Waals surface area contributed by atoms with Gasteiger partial charge in [-0.25, -0.2) is 9.67 Å². The molecule has 3 heterocycles. The number of rotatable bonds is 4. The first kappa shape index (κ1) is 18.4. The van der Waals surface area contributed by atoms with E-state index in [0.29, 0.717) is 5.95 Å². The molecular weight excluding hydrogens is 475 g/mol. The molecule has 1 saturated heterocycles. The maximum atomic E-state index is 4.71. The van der Waals surface area contributed by atoms with Crippen LogP contribution >= 0.6 is 22.6 Å². The summed E-state index contributed by atoms with van der Waals surface area (Å²) in [5, 5.41) is 8.72. The highest BCUT2D eigenvalue weighted by molar-refractivity contribution is 14.1. The minimum Gasteiger partial charge on any atom is -0.372 e. The van der Waals surface area contributed by atoms with Gasteiger partial charge in [0.15, 0.2) is 5.65 Å². The average molecular weight is 496 g/mol. The molecule has 1 fully saturated rings. The number of hydrogen-bond donors (Lipinski definition) is 1. The second kappa shape index (κ2) is 7.98. The number of nitrogens with one attached hydrogen (secondary N) is 1. The van der Waals surface area contributed by atoms with Gasteiger partial charge in [0.05, 0.1) is 17.3 Å². The van der Waals surface area contributed by atoms with Crippen LogP contribution in [0.4, 0.5) is 17.3 Å². The molecular formula is C22H21IN6. The van der Waals surface area contributed by atoms with Crippen LogP contribution in [0.3, 0.4) is 0 Å². The summed E-state index contributed by atoms with van der Waals surface area (Å²) < 4.78 is 3.03. The van der Waals surface area contributed by atoms with Crippen LogP contribution in [0.5, 0.6) is 0 Å². The molecule has 0 atom stereocenters.